The summed E-state index contributed by atoms with van der Waals surface area (Å²) in [6.45, 7) is 1.93. The second-order valence-electron chi connectivity index (χ2n) is 8.40. The molecule has 0 saturated carbocycles. The van der Waals surface area contributed by atoms with Crippen molar-refractivity contribution in [2.75, 3.05) is 17.7 Å². The van der Waals surface area contributed by atoms with Crippen LogP contribution in [0, 0.1) is 5.82 Å². The van der Waals surface area contributed by atoms with Gasteiger partial charge in [0.25, 0.3) is 5.91 Å². The Balaban J connectivity index is 1.46. The second-order valence-corrected chi connectivity index (χ2v) is 10.8. The van der Waals surface area contributed by atoms with Crippen LogP contribution in [0.25, 0.3) is 0 Å². The third-order valence-corrected chi connectivity index (χ3v) is 8.50. The topological polar surface area (TPSA) is 84.5 Å². The summed E-state index contributed by atoms with van der Waals surface area (Å²) < 4.78 is 18.1. The van der Waals surface area contributed by atoms with E-state index in [4.69, 9.17) is 4.74 Å². The summed E-state index contributed by atoms with van der Waals surface area (Å²) in [5.74, 6) is -1.36. The fraction of sp³-hybridized carbons (Fsp3) is 0.296. The molecule has 0 spiro atoms. The Morgan fingerprint density at radius 3 is 2.56 bits per heavy atom. The van der Waals surface area contributed by atoms with Crippen LogP contribution in [0.1, 0.15) is 57.3 Å². The molecule has 0 bridgehead atoms. The van der Waals surface area contributed by atoms with Gasteiger partial charge >= 0.3 is 5.97 Å². The van der Waals surface area contributed by atoms with Crippen LogP contribution in [0.4, 0.5) is 15.1 Å². The SMILES string of the molecule is CCC(Sc1cccc(NC(=O)c2ccc(F)cc2)c1)C(=O)Nc1sc2c(c1C(=O)OC)CCCC2. The number of carbonyl (C=O) groups excluding carboxylic acids is 3. The Hall–Kier alpha value is -3.17. The van der Waals surface area contributed by atoms with E-state index in [1.807, 2.05) is 13.0 Å². The Morgan fingerprint density at radius 2 is 1.83 bits per heavy atom. The van der Waals surface area contributed by atoms with Crippen molar-refractivity contribution in [1.29, 1.82) is 0 Å². The molecule has 1 aliphatic rings. The number of hydrogen-bond donors (Lipinski definition) is 2. The number of anilines is 2. The summed E-state index contributed by atoms with van der Waals surface area (Å²) in [7, 11) is 1.35. The first-order chi connectivity index (χ1) is 17.4. The molecule has 1 atom stereocenters. The molecule has 2 N–H and O–H groups in total. The molecule has 3 aromatic rings. The van der Waals surface area contributed by atoms with Gasteiger partial charge in [-0.25, -0.2) is 9.18 Å². The molecule has 6 nitrogen and oxygen atoms in total. The molecule has 0 fully saturated rings. The maximum Gasteiger partial charge on any atom is 0.341 e. The van der Waals surface area contributed by atoms with Crippen LogP contribution >= 0.6 is 23.1 Å². The van der Waals surface area contributed by atoms with Gasteiger partial charge in [0.2, 0.25) is 5.91 Å². The van der Waals surface area contributed by atoms with Crippen molar-refractivity contribution < 1.29 is 23.5 Å². The van der Waals surface area contributed by atoms with Gasteiger partial charge in [0.1, 0.15) is 10.8 Å². The number of methoxy groups -OCH3 is 1. The zero-order chi connectivity index (χ0) is 25.7. The van der Waals surface area contributed by atoms with E-state index in [9.17, 15) is 18.8 Å². The van der Waals surface area contributed by atoms with Gasteiger partial charge in [0.05, 0.1) is 17.9 Å². The Bertz CT molecular complexity index is 1270. The van der Waals surface area contributed by atoms with Crippen LogP contribution in [-0.2, 0) is 22.4 Å². The number of carbonyl (C=O) groups is 3. The predicted octanol–water partition coefficient (Wildman–Crippen LogP) is 6.31. The van der Waals surface area contributed by atoms with Gasteiger partial charge in [0.15, 0.2) is 0 Å². The number of hydrogen-bond acceptors (Lipinski definition) is 6. The van der Waals surface area contributed by atoms with E-state index in [2.05, 4.69) is 10.6 Å². The molecular formula is C27H27FN2O4S2. The second kappa shape index (κ2) is 11.7. The minimum Gasteiger partial charge on any atom is -0.465 e. The van der Waals surface area contributed by atoms with Crippen LogP contribution in [0.15, 0.2) is 53.4 Å². The van der Waals surface area contributed by atoms with Gasteiger partial charge in [-0.2, -0.15) is 0 Å². The molecule has 1 unspecified atom stereocenters. The highest BCUT2D eigenvalue weighted by Gasteiger charge is 2.28. The summed E-state index contributed by atoms with van der Waals surface area (Å²) >= 11 is 2.85. The molecule has 188 valence electrons. The largest absolute Gasteiger partial charge is 0.465 e. The molecule has 1 heterocycles. The highest BCUT2D eigenvalue weighted by atomic mass is 32.2. The lowest BCUT2D eigenvalue weighted by atomic mass is 9.95. The molecule has 4 rings (SSSR count). The van der Waals surface area contributed by atoms with E-state index in [0.717, 1.165) is 41.0 Å². The third-order valence-electron chi connectivity index (χ3n) is 5.94. The molecule has 2 amide bonds. The first-order valence-electron chi connectivity index (χ1n) is 11.8. The van der Waals surface area contributed by atoms with E-state index in [1.165, 1.54) is 54.5 Å². The fourth-order valence-electron chi connectivity index (χ4n) is 4.10. The predicted molar refractivity (Wildman–Crippen MR) is 142 cm³/mol. The lowest BCUT2D eigenvalue weighted by Crippen LogP contribution is -2.25. The van der Waals surface area contributed by atoms with Crippen molar-refractivity contribution in [2.24, 2.45) is 0 Å². The number of thioether (sulfide) groups is 1. The lowest BCUT2D eigenvalue weighted by Gasteiger charge is -2.16. The van der Waals surface area contributed by atoms with Gasteiger partial charge in [0, 0.05) is 21.0 Å². The van der Waals surface area contributed by atoms with Crippen molar-refractivity contribution in [1.82, 2.24) is 0 Å². The third kappa shape index (κ3) is 5.96. The number of amides is 2. The number of rotatable bonds is 8. The summed E-state index contributed by atoms with van der Waals surface area (Å²) in [4.78, 5) is 40.2. The first kappa shape index (κ1) is 25.9. The van der Waals surface area contributed by atoms with Gasteiger partial charge in [-0.3, -0.25) is 9.59 Å². The minimum absolute atomic E-state index is 0.188. The van der Waals surface area contributed by atoms with E-state index >= 15 is 0 Å². The number of esters is 1. The number of fused-ring (bicyclic) bond motifs is 1. The summed E-state index contributed by atoms with van der Waals surface area (Å²) in [6, 6.07) is 12.5. The molecule has 36 heavy (non-hydrogen) atoms. The number of thiophene rings is 1. The van der Waals surface area contributed by atoms with Gasteiger partial charge < -0.3 is 15.4 Å². The van der Waals surface area contributed by atoms with E-state index < -0.39 is 17.0 Å². The quantitative estimate of drug-likeness (QED) is 0.265. The number of aryl methyl sites for hydroxylation is 1. The summed E-state index contributed by atoms with van der Waals surface area (Å²) in [5.41, 5.74) is 2.40. The van der Waals surface area contributed by atoms with Gasteiger partial charge in [-0.1, -0.05) is 13.0 Å². The van der Waals surface area contributed by atoms with Crippen molar-refractivity contribution in [3.63, 3.8) is 0 Å². The lowest BCUT2D eigenvalue weighted by molar-refractivity contribution is -0.115. The van der Waals surface area contributed by atoms with Gasteiger partial charge in [-0.05, 0) is 80.1 Å². The van der Waals surface area contributed by atoms with E-state index in [-0.39, 0.29) is 11.8 Å². The minimum atomic E-state index is -0.421. The fourth-order valence-corrected chi connectivity index (χ4v) is 6.40. The average molecular weight is 527 g/mol. The number of benzene rings is 2. The maximum atomic E-state index is 13.2. The molecule has 0 saturated heterocycles. The van der Waals surface area contributed by atoms with Crippen molar-refractivity contribution in [3.05, 3.63) is 75.9 Å². The first-order valence-corrected chi connectivity index (χ1v) is 13.5. The Kier molecular flexibility index (Phi) is 8.43. The molecule has 9 heteroatoms. The van der Waals surface area contributed by atoms with Crippen LogP contribution in [-0.4, -0.2) is 30.1 Å². The zero-order valence-corrected chi connectivity index (χ0v) is 21.7. The Labute approximate surface area is 217 Å². The molecule has 0 aliphatic heterocycles. The monoisotopic (exact) mass is 526 g/mol. The standard InChI is InChI=1S/C27H27FN2O4S2/c1-3-21(25(32)30-26-23(27(33)34-2)20-9-4-5-10-22(20)36-26)35-19-8-6-7-18(15-19)29-24(31)16-11-13-17(28)14-12-16/h6-8,11-15,21H,3-5,9-10H2,1-2H3,(H,29,31)(H,30,32). The molecular weight excluding hydrogens is 499 g/mol. The van der Waals surface area contributed by atoms with Crippen molar-refractivity contribution >= 4 is 51.6 Å². The Morgan fingerprint density at radius 1 is 1.08 bits per heavy atom. The molecule has 0 radical (unpaired) electrons. The molecule has 1 aliphatic carbocycles. The van der Waals surface area contributed by atoms with E-state index in [1.54, 1.807) is 18.2 Å². The van der Waals surface area contributed by atoms with Crippen LogP contribution in [0.2, 0.25) is 0 Å². The van der Waals surface area contributed by atoms with Crippen LogP contribution in [0.3, 0.4) is 0 Å². The number of ether oxygens (including phenoxy) is 1. The van der Waals surface area contributed by atoms with Crippen molar-refractivity contribution in [2.45, 2.75) is 49.2 Å². The maximum absolute atomic E-state index is 13.2. The normalized spacial score (nSPS) is 13.4. The van der Waals surface area contributed by atoms with Crippen molar-refractivity contribution in [3.8, 4) is 0 Å². The molecule has 1 aromatic heterocycles. The average Bonchev–Trinajstić information content (AvgIpc) is 3.25. The number of halogens is 1. The zero-order valence-electron chi connectivity index (χ0n) is 20.1. The highest BCUT2D eigenvalue weighted by Crippen LogP contribution is 2.39. The van der Waals surface area contributed by atoms with Gasteiger partial charge in [-0.15, -0.1) is 23.1 Å². The summed E-state index contributed by atoms with van der Waals surface area (Å²) in [5, 5.41) is 5.94. The summed E-state index contributed by atoms with van der Waals surface area (Å²) in [6.07, 6.45) is 4.38. The van der Waals surface area contributed by atoms with E-state index in [0.29, 0.717) is 28.2 Å². The smallest absolute Gasteiger partial charge is 0.341 e. The molecule has 2 aromatic carbocycles. The number of nitrogens with one attached hydrogen (secondary N) is 2. The van der Waals surface area contributed by atoms with Crippen LogP contribution < -0.4 is 10.6 Å². The highest BCUT2D eigenvalue weighted by molar-refractivity contribution is 8.00. The van der Waals surface area contributed by atoms with Crippen LogP contribution in [0.5, 0.6) is 0 Å².